The second kappa shape index (κ2) is 6.66. The fourth-order valence-electron chi connectivity index (χ4n) is 1.37. The molecule has 1 N–H and O–H groups in total. The molecule has 3 heteroatoms. The summed E-state index contributed by atoms with van der Waals surface area (Å²) >= 11 is 5.85. The largest absolute Gasteiger partial charge is 0.307 e. The van der Waals surface area contributed by atoms with Gasteiger partial charge in [-0.15, -0.1) is 0 Å². The van der Waals surface area contributed by atoms with Crippen molar-refractivity contribution in [2.45, 2.75) is 32.7 Å². The van der Waals surface area contributed by atoms with Gasteiger partial charge in [-0.05, 0) is 31.0 Å². The summed E-state index contributed by atoms with van der Waals surface area (Å²) < 4.78 is 0. The fraction of sp³-hybridized carbons (Fsp3) is 0.462. The van der Waals surface area contributed by atoms with Crippen molar-refractivity contribution in [3.63, 3.8) is 0 Å². The number of hydrogen-bond acceptors (Lipinski definition) is 2. The highest BCUT2D eigenvalue weighted by atomic mass is 35.5. The van der Waals surface area contributed by atoms with E-state index >= 15 is 0 Å². The molecule has 0 aliphatic heterocycles. The minimum atomic E-state index is 0.197. The zero-order chi connectivity index (χ0) is 12.0. The summed E-state index contributed by atoms with van der Waals surface area (Å²) in [6, 6.07) is 7.83. The predicted molar refractivity (Wildman–Crippen MR) is 67.9 cm³/mol. The lowest BCUT2D eigenvalue weighted by Crippen LogP contribution is -2.31. The van der Waals surface area contributed by atoms with E-state index in [0.29, 0.717) is 24.0 Å². The van der Waals surface area contributed by atoms with Crippen molar-refractivity contribution in [3.05, 3.63) is 34.9 Å². The van der Waals surface area contributed by atoms with Gasteiger partial charge in [-0.1, -0.05) is 30.7 Å². The topological polar surface area (TPSA) is 29.1 Å². The van der Waals surface area contributed by atoms with E-state index in [4.69, 9.17) is 11.6 Å². The molecule has 1 unspecified atom stereocenters. The highest BCUT2D eigenvalue weighted by molar-refractivity contribution is 6.30. The van der Waals surface area contributed by atoms with Crippen molar-refractivity contribution < 1.29 is 4.79 Å². The van der Waals surface area contributed by atoms with Crippen LogP contribution in [0.1, 0.15) is 25.8 Å². The Morgan fingerprint density at radius 2 is 2.25 bits per heavy atom. The summed E-state index contributed by atoms with van der Waals surface area (Å²) in [4.78, 5) is 11.6. The van der Waals surface area contributed by atoms with Crippen LogP contribution in [0.4, 0.5) is 0 Å². The van der Waals surface area contributed by atoms with E-state index in [0.717, 1.165) is 12.0 Å². The molecule has 0 heterocycles. The first-order valence-corrected chi connectivity index (χ1v) is 5.99. The molecule has 0 amide bonds. The third-order valence-corrected chi connectivity index (χ3v) is 2.79. The van der Waals surface area contributed by atoms with Gasteiger partial charge in [0.05, 0.1) is 6.54 Å². The van der Waals surface area contributed by atoms with Crippen molar-refractivity contribution in [2.75, 3.05) is 6.54 Å². The average Bonchev–Trinajstić information content (AvgIpc) is 2.26. The Morgan fingerprint density at radius 1 is 1.50 bits per heavy atom. The summed E-state index contributed by atoms with van der Waals surface area (Å²) in [5, 5.41) is 3.87. The van der Waals surface area contributed by atoms with Gasteiger partial charge in [-0.3, -0.25) is 4.79 Å². The molecule has 0 fully saturated rings. The number of carbonyl (C=O) groups excluding carboxylic acids is 1. The minimum absolute atomic E-state index is 0.197. The van der Waals surface area contributed by atoms with E-state index < -0.39 is 0 Å². The summed E-state index contributed by atoms with van der Waals surface area (Å²) in [6.45, 7) is 4.60. The van der Waals surface area contributed by atoms with Crippen LogP contribution in [0.5, 0.6) is 0 Å². The van der Waals surface area contributed by atoms with Crippen molar-refractivity contribution in [2.24, 2.45) is 0 Å². The van der Waals surface area contributed by atoms with Gasteiger partial charge in [0.25, 0.3) is 0 Å². The maximum absolute atomic E-state index is 11.6. The Kier molecular flexibility index (Phi) is 5.50. The van der Waals surface area contributed by atoms with E-state index in [1.54, 1.807) is 0 Å². The molecule has 0 saturated heterocycles. The minimum Gasteiger partial charge on any atom is -0.307 e. The lowest BCUT2D eigenvalue weighted by Gasteiger charge is -2.10. The SMILES string of the molecule is CCC(C)NCC(=O)Cc1cccc(Cl)c1. The van der Waals surface area contributed by atoms with Crippen LogP contribution < -0.4 is 5.32 Å². The lowest BCUT2D eigenvalue weighted by molar-refractivity contribution is -0.117. The van der Waals surface area contributed by atoms with Gasteiger partial charge in [0.15, 0.2) is 5.78 Å². The smallest absolute Gasteiger partial charge is 0.150 e. The maximum Gasteiger partial charge on any atom is 0.150 e. The molecule has 1 rings (SSSR count). The molecule has 1 aromatic carbocycles. The number of carbonyl (C=O) groups is 1. The molecule has 0 aliphatic rings. The third kappa shape index (κ3) is 4.77. The van der Waals surface area contributed by atoms with Crippen LogP contribution in [0.15, 0.2) is 24.3 Å². The standard InChI is InChI=1S/C13H18ClNO/c1-3-10(2)15-9-13(16)8-11-5-4-6-12(14)7-11/h4-7,10,15H,3,8-9H2,1-2H3. The number of benzene rings is 1. The molecule has 0 aromatic heterocycles. The summed E-state index contributed by atoms with van der Waals surface area (Å²) in [7, 11) is 0. The van der Waals surface area contributed by atoms with Gasteiger partial charge in [0.1, 0.15) is 0 Å². The van der Waals surface area contributed by atoms with Crippen LogP contribution in [-0.4, -0.2) is 18.4 Å². The van der Waals surface area contributed by atoms with Crippen LogP contribution in [0.3, 0.4) is 0 Å². The van der Waals surface area contributed by atoms with Crippen molar-refractivity contribution in [1.29, 1.82) is 0 Å². The van der Waals surface area contributed by atoms with Crippen LogP contribution in [0, 0.1) is 0 Å². The molecule has 1 atom stereocenters. The molecule has 0 aliphatic carbocycles. The number of rotatable bonds is 6. The third-order valence-electron chi connectivity index (χ3n) is 2.55. The van der Waals surface area contributed by atoms with E-state index in [1.165, 1.54) is 0 Å². The van der Waals surface area contributed by atoms with Crippen molar-refractivity contribution >= 4 is 17.4 Å². The highest BCUT2D eigenvalue weighted by Gasteiger charge is 2.05. The second-order valence-electron chi connectivity index (χ2n) is 4.04. The number of ketones is 1. The Morgan fingerprint density at radius 3 is 2.88 bits per heavy atom. The molecule has 0 spiro atoms. The van der Waals surface area contributed by atoms with Gasteiger partial charge >= 0.3 is 0 Å². The van der Waals surface area contributed by atoms with Gasteiger partial charge < -0.3 is 5.32 Å². The molecule has 88 valence electrons. The molecule has 1 aromatic rings. The number of Topliss-reactive ketones (excluding diaryl/α,β-unsaturated/α-hetero) is 1. The summed E-state index contributed by atoms with van der Waals surface area (Å²) in [6.07, 6.45) is 1.48. The Bertz CT molecular complexity index is 352. The van der Waals surface area contributed by atoms with Crippen LogP contribution >= 0.6 is 11.6 Å². The molecule has 0 radical (unpaired) electrons. The lowest BCUT2D eigenvalue weighted by atomic mass is 10.1. The van der Waals surface area contributed by atoms with Crippen LogP contribution in [0.2, 0.25) is 5.02 Å². The van der Waals surface area contributed by atoms with Crippen molar-refractivity contribution in [1.82, 2.24) is 5.32 Å². The van der Waals surface area contributed by atoms with Crippen molar-refractivity contribution in [3.8, 4) is 0 Å². The zero-order valence-corrected chi connectivity index (χ0v) is 10.6. The van der Waals surface area contributed by atoms with Gasteiger partial charge in [0, 0.05) is 17.5 Å². The number of halogens is 1. The summed E-state index contributed by atoms with van der Waals surface area (Å²) in [5.41, 5.74) is 0.975. The molecular formula is C13H18ClNO. The van der Waals surface area contributed by atoms with Crippen LogP contribution in [-0.2, 0) is 11.2 Å². The van der Waals surface area contributed by atoms with Gasteiger partial charge in [-0.25, -0.2) is 0 Å². The first kappa shape index (κ1) is 13.2. The predicted octanol–water partition coefficient (Wildman–Crippen LogP) is 2.84. The molecule has 0 saturated carbocycles. The van der Waals surface area contributed by atoms with Gasteiger partial charge in [0.2, 0.25) is 0 Å². The second-order valence-corrected chi connectivity index (χ2v) is 4.47. The Labute approximate surface area is 102 Å². The fourth-order valence-corrected chi connectivity index (χ4v) is 1.58. The first-order chi connectivity index (χ1) is 7.61. The number of nitrogens with one attached hydrogen (secondary N) is 1. The van der Waals surface area contributed by atoms with E-state index in [2.05, 4.69) is 19.2 Å². The van der Waals surface area contributed by atoms with Gasteiger partial charge in [-0.2, -0.15) is 0 Å². The van der Waals surface area contributed by atoms with E-state index in [1.807, 2.05) is 24.3 Å². The Hall–Kier alpha value is -0.860. The molecule has 0 bridgehead atoms. The quantitative estimate of drug-likeness (QED) is 0.827. The van der Waals surface area contributed by atoms with E-state index in [-0.39, 0.29) is 5.78 Å². The van der Waals surface area contributed by atoms with E-state index in [9.17, 15) is 4.79 Å². The summed E-state index contributed by atoms with van der Waals surface area (Å²) in [5.74, 6) is 0.197. The molecular weight excluding hydrogens is 222 g/mol. The molecule has 16 heavy (non-hydrogen) atoms. The Balaban J connectivity index is 2.40. The first-order valence-electron chi connectivity index (χ1n) is 5.61. The highest BCUT2D eigenvalue weighted by Crippen LogP contribution is 2.11. The van der Waals surface area contributed by atoms with Crippen LogP contribution in [0.25, 0.3) is 0 Å². The number of hydrogen-bond donors (Lipinski definition) is 1. The monoisotopic (exact) mass is 239 g/mol. The molecule has 2 nitrogen and oxygen atoms in total. The average molecular weight is 240 g/mol. The normalized spacial score (nSPS) is 12.4. The zero-order valence-electron chi connectivity index (χ0n) is 9.79. The maximum atomic E-state index is 11.6.